The van der Waals surface area contributed by atoms with E-state index in [2.05, 4.69) is 79.0 Å². The molecule has 0 amide bonds. The first kappa shape index (κ1) is 15.7. The molecular formula is C15H19Br2N3. The van der Waals surface area contributed by atoms with Gasteiger partial charge in [-0.3, -0.25) is 4.68 Å². The van der Waals surface area contributed by atoms with Crippen molar-refractivity contribution in [2.45, 2.75) is 32.9 Å². The molecule has 108 valence electrons. The lowest BCUT2D eigenvalue weighted by atomic mass is 10.0. The summed E-state index contributed by atoms with van der Waals surface area (Å²) in [5, 5.41) is 7.87. The van der Waals surface area contributed by atoms with E-state index in [0.717, 1.165) is 21.9 Å². The summed E-state index contributed by atoms with van der Waals surface area (Å²) in [6.45, 7) is 5.19. The molecule has 0 radical (unpaired) electrons. The van der Waals surface area contributed by atoms with E-state index in [1.54, 1.807) is 0 Å². The van der Waals surface area contributed by atoms with E-state index in [0.29, 0.717) is 0 Å². The van der Waals surface area contributed by atoms with Crippen molar-refractivity contribution in [3.8, 4) is 0 Å². The third-order valence-corrected chi connectivity index (χ3v) is 4.63. The van der Waals surface area contributed by atoms with Gasteiger partial charge in [0, 0.05) is 11.0 Å². The molecule has 1 aromatic heterocycles. The lowest BCUT2D eigenvalue weighted by Crippen LogP contribution is -2.22. The van der Waals surface area contributed by atoms with Gasteiger partial charge < -0.3 is 5.32 Å². The number of hydrogen-bond donors (Lipinski definition) is 1. The van der Waals surface area contributed by atoms with Crippen molar-refractivity contribution in [2.24, 2.45) is 0 Å². The van der Waals surface area contributed by atoms with Gasteiger partial charge in [0.05, 0.1) is 22.4 Å². The fourth-order valence-corrected chi connectivity index (χ4v) is 3.37. The Morgan fingerprint density at radius 3 is 2.70 bits per heavy atom. The van der Waals surface area contributed by atoms with Gasteiger partial charge in [-0.2, -0.15) is 5.10 Å². The molecule has 20 heavy (non-hydrogen) atoms. The Morgan fingerprint density at radius 1 is 1.30 bits per heavy atom. The molecule has 5 heteroatoms. The average molecular weight is 401 g/mol. The standard InChI is InChI=1S/C15H19Br2N3/c1-4-7-20-15(13(17)9-19-20)14(18-3)11-8-10(2)5-6-12(11)16/h5-6,8-9,14,18H,4,7H2,1-3H3. The van der Waals surface area contributed by atoms with Gasteiger partial charge in [-0.05, 0) is 48.0 Å². The van der Waals surface area contributed by atoms with Crippen LogP contribution in [0.4, 0.5) is 0 Å². The van der Waals surface area contributed by atoms with Crippen molar-refractivity contribution in [1.82, 2.24) is 15.1 Å². The second-order valence-electron chi connectivity index (χ2n) is 4.85. The summed E-state index contributed by atoms with van der Waals surface area (Å²) in [7, 11) is 1.98. The zero-order valence-corrected chi connectivity index (χ0v) is 15.1. The molecule has 1 heterocycles. The number of benzene rings is 1. The Kier molecular flexibility index (Phi) is 5.41. The Balaban J connectivity index is 2.52. The molecule has 1 unspecified atom stereocenters. The Morgan fingerprint density at radius 2 is 2.05 bits per heavy atom. The SMILES string of the molecule is CCCn1ncc(Br)c1C(NC)c1cc(C)ccc1Br. The van der Waals surface area contributed by atoms with Crippen LogP contribution in [0, 0.1) is 6.92 Å². The number of rotatable bonds is 5. The quantitative estimate of drug-likeness (QED) is 0.804. The number of aromatic nitrogens is 2. The van der Waals surface area contributed by atoms with Crippen molar-refractivity contribution >= 4 is 31.9 Å². The first-order valence-electron chi connectivity index (χ1n) is 6.73. The van der Waals surface area contributed by atoms with Gasteiger partial charge in [0.2, 0.25) is 0 Å². The largest absolute Gasteiger partial charge is 0.308 e. The predicted molar refractivity (Wildman–Crippen MR) is 90.0 cm³/mol. The molecule has 1 atom stereocenters. The molecule has 1 aromatic carbocycles. The minimum atomic E-state index is 0.104. The van der Waals surface area contributed by atoms with Crippen molar-refractivity contribution in [2.75, 3.05) is 7.05 Å². The van der Waals surface area contributed by atoms with Crippen LogP contribution < -0.4 is 5.32 Å². The molecule has 0 aliphatic carbocycles. The Labute approximate surface area is 137 Å². The van der Waals surface area contributed by atoms with Crippen LogP contribution in [0.1, 0.15) is 36.2 Å². The van der Waals surface area contributed by atoms with Gasteiger partial charge in [0.15, 0.2) is 0 Å². The van der Waals surface area contributed by atoms with E-state index in [9.17, 15) is 0 Å². The maximum atomic E-state index is 4.47. The van der Waals surface area contributed by atoms with Crippen LogP contribution in [0.5, 0.6) is 0 Å². The van der Waals surface area contributed by atoms with Gasteiger partial charge in [0.1, 0.15) is 0 Å². The minimum Gasteiger partial charge on any atom is -0.308 e. The first-order chi connectivity index (χ1) is 9.58. The van der Waals surface area contributed by atoms with Gasteiger partial charge in [-0.1, -0.05) is 40.5 Å². The van der Waals surface area contributed by atoms with Crippen molar-refractivity contribution in [3.63, 3.8) is 0 Å². The lowest BCUT2D eigenvalue weighted by Gasteiger charge is -2.21. The second-order valence-corrected chi connectivity index (χ2v) is 6.56. The molecule has 0 spiro atoms. The van der Waals surface area contributed by atoms with E-state index in [1.807, 2.05) is 13.2 Å². The van der Waals surface area contributed by atoms with Gasteiger partial charge >= 0.3 is 0 Å². The summed E-state index contributed by atoms with van der Waals surface area (Å²) in [4.78, 5) is 0. The number of nitrogens with one attached hydrogen (secondary N) is 1. The topological polar surface area (TPSA) is 29.9 Å². The summed E-state index contributed by atoms with van der Waals surface area (Å²) in [6, 6.07) is 6.52. The van der Waals surface area contributed by atoms with E-state index in [4.69, 9.17) is 0 Å². The van der Waals surface area contributed by atoms with E-state index < -0.39 is 0 Å². The van der Waals surface area contributed by atoms with Crippen LogP contribution in [0.15, 0.2) is 33.3 Å². The molecule has 0 saturated heterocycles. The third kappa shape index (κ3) is 3.15. The maximum Gasteiger partial charge on any atom is 0.0768 e. The van der Waals surface area contributed by atoms with Crippen molar-refractivity contribution < 1.29 is 0 Å². The highest BCUT2D eigenvalue weighted by molar-refractivity contribution is 9.10. The Hall–Kier alpha value is -0.650. The number of aryl methyl sites for hydroxylation is 2. The van der Waals surface area contributed by atoms with Crippen LogP contribution in [0.3, 0.4) is 0 Å². The zero-order chi connectivity index (χ0) is 14.7. The summed E-state index contributed by atoms with van der Waals surface area (Å²) in [5.41, 5.74) is 3.65. The molecule has 0 aliphatic rings. The van der Waals surface area contributed by atoms with Crippen LogP contribution in [0.2, 0.25) is 0 Å². The molecular weight excluding hydrogens is 382 g/mol. The highest BCUT2D eigenvalue weighted by Crippen LogP contribution is 2.33. The smallest absolute Gasteiger partial charge is 0.0768 e. The molecule has 2 aromatic rings. The fourth-order valence-electron chi connectivity index (χ4n) is 2.37. The van der Waals surface area contributed by atoms with E-state index in [1.165, 1.54) is 16.8 Å². The first-order valence-corrected chi connectivity index (χ1v) is 8.31. The van der Waals surface area contributed by atoms with E-state index >= 15 is 0 Å². The number of halogens is 2. The second kappa shape index (κ2) is 6.87. The molecule has 0 aliphatic heterocycles. The molecule has 0 fully saturated rings. The molecule has 0 saturated carbocycles. The van der Waals surface area contributed by atoms with Crippen molar-refractivity contribution in [3.05, 3.63) is 50.2 Å². The molecule has 3 nitrogen and oxygen atoms in total. The zero-order valence-electron chi connectivity index (χ0n) is 12.0. The van der Waals surface area contributed by atoms with Crippen LogP contribution in [-0.2, 0) is 6.54 Å². The maximum absolute atomic E-state index is 4.47. The third-order valence-electron chi connectivity index (χ3n) is 3.29. The molecule has 2 rings (SSSR count). The number of hydrogen-bond acceptors (Lipinski definition) is 2. The van der Waals surface area contributed by atoms with Crippen LogP contribution in [0.25, 0.3) is 0 Å². The lowest BCUT2D eigenvalue weighted by molar-refractivity contribution is 0.532. The Bertz CT molecular complexity index is 593. The summed E-state index contributed by atoms with van der Waals surface area (Å²) in [5.74, 6) is 0. The number of nitrogens with zero attached hydrogens (tertiary/aromatic N) is 2. The molecule has 1 N–H and O–H groups in total. The van der Waals surface area contributed by atoms with Crippen LogP contribution >= 0.6 is 31.9 Å². The van der Waals surface area contributed by atoms with E-state index in [-0.39, 0.29) is 6.04 Å². The van der Waals surface area contributed by atoms with Crippen molar-refractivity contribution in [1.29, 1.82) is 0 Å². The van der Waals surface area contributed by atoms with Gasteiger partial charge in [-0.25, -0.2) is 0 Å². The predicted octanol–water partition coefficient (Wildman–Crippen LogP) is 4.44. The highest BCUT2D eigenvalue weighted by atomic mass is 79.9. The minimum absolute atomic E-state index is 0.104. The summed E-state index contributed by atoms with van der Waals surface area (Å²) in [6.07, 6.45) is 2.94. The highest BCUT2D eigenvalue weighted by Gasteiger charge is 2.22. The van der Waals surface area contributed by atoms with Gasteiger partial charge in [0.25, 0.3) is 0 Å². The van der Waals surface area contributed by atoms with Crippen LogP contribution in [-0.4, -0.2) is 16.8 Å². The summed E-state index contributed by atoms with van der Waals surface area (Å²) < 4.78 is 4.22. The van der Waals surface area contributed by atoms with Gasteiger partial charge in [-0.15, -0.1) is 0 Å². The normalized spacial score (nSPS) is 12.7. The molecule has 0 bridgehead atoms. The fraction of sp³-hybridized carbons (Fsp3) is 0.400. The monoisotopic (exact) mass is 399 g/mol. The average Bonchev–Trinajstić information content (AvgIpc) is 2.77. The summed E-state index contributed by atoms with van der Waals surface area (Å²) >= 11 is 7.29.